The maximum absolute atomic E-state index is 11.8. The normalized spacial score (nSPS) is 44.8. The van der Waals surface area contributed by atoms with E-state index < -0.39 is 17.7 Å². The Labute approximate surface area is 178 Å². The molecule has 0 aromatic rings. The second-order valence-corrected chi connectivity index (χ2v) is 10.6. The summed E-state index contributed by atoms with van der Waals surface area (Å²) in [6, 6.07) is -0.0143. The van der Waals surface area contributed by atoms with Crippen LogP contribution in [-0.4, -0.2) is 65.8 Å². The van der Waals surface area contributed by atoms with E-state index in [1.807, 2.05) is 14.1 Å². The maximum Gasteiger partial charge on any atom is 0.407 e. The molecule has 1 aliphatic heterocycles. The van der Waals surface area contributed by atoms with Gasteiger partial charge in [0.2, 0.25) is 11.6 Å². The summed E-state index contributed by atoms with van der Waals surface area (Å²) in [7, 11) is 4.01. The molecule has 5 aliphatic carbocycles. The molecule has 0 atom stereocenters. The Kier molecular flexibility index (Phi) is 5.51. The lowest BCUT2D eigenvalue weighted by atomic mass is 9.53. The Balaban J connectivity index is 1.17. The van der Waals surface area contributed by atoms with Crippen molar-refractivity contribution in [2.24, 2.45) is 23.7 Å². The van der Waals surface area contributed by atoms with Crippen LogP contribution in [-0.2, 0) is 19.6 Å². The van der Waals surface area contributed by atoms with Crippen LogP contribution in [0.4, 0.5) is 4.79 Å². The average molecular weight is 425 g/mol. The molecule has 8 heteroatoms. The van der Waals surface area contributed by atoms with Crippen LogP contribution in [0.5, 0.6) is 0 Å². The molecule has 8 nitrogen and oxygen atoms in total. The summed E-state index contributed by atoms with van der Waals surface area (Å²) in [6.07, 6.45) is 8.46. The average Bonchev–Trinajstić information content (AvgIpc) is 2.71. The van der Waals surface area contributed by atoms with Crippen molar-refractivity contribution in [3.05, 3.63) is 0 Å². The van der Waals surface area contributed by atoms with E-state index in [1.165, 1.54) is 6.42 Å². The maximum atomic E-state index is 11.8. The predicted octanol–water partition coefficient (Wildman–Crippen LogP) is 3.62. The zero-order valence-corrected chi connectivity index (χ0v) is 18.3. The summed E-state index contributed by atoms with van der Waals surface area (Å²) >= 11 is 0. The summed E-state index contributed by atoms with van der Waals surface area (Å²) in [4.78, 5) is 39.6. The number of rotatable bonds is 5. The summed E-state index contributed by atoms with van der Waals surface area (Å²) in [5, 5.41) is 9.68. The Hall–Kier alpha value is -0.930. The van der Waals surface area contributed by atoms with E-state index in [1.54, 1.807) is 4.90 Å². The van der Waals surface area contributed by atoms with E-state index >= 15 is 0 Å². The summed E-state index contributed by atoms with van der Waals surface area (Å²) in [5.41, 5.74) is 0. The molecule has 6 rings (SSSR count). The van der Waals surface area contributed by atoms with Crippen molar-refractivity contribution in [3.8, 4) is 0 Å². The zero-order valence-electron chi connectivity index (χ0n) is 18.3. The topological polar surface area (TPSA) is 80.7 Å². The molecule has 1 heterocycles. The van der Waals surface area contributed by atoms with Gasteiger partial charge in [-0.2, -0.15) is 19.6 Å². The third kappa shape index (κ3) is 3.64. The minimum Gasteiger partial charge on any atom is -0.465 e. The number of hydrogen-bond acceptors (Lipinski definition) is 6. The van der Waals surface area contributed by atoms with Gasteiger partial charge in [-0.1, -0.05) is 0 Å². The highest BCUT2D eigenvalue weighted by Gasteiger charge is 2.64. The molecule has 0 aromatic carbocycles. The van der Waals surface area contributed by atoms with Gasteiger partial charge in [-0.25, -0.2) is 4.79 Å². The van der Waals surface area contributed by atoms with Crippen LogP contribution in [0.1, 0.15) is 64.2 Å². The first kappa shape index (κ1) is 20.9. The second-order valence-electron chi connectivity index (χ2n) is 10.6. The molecule has 0 radical (unpaired) electrons. The molecule has 170 valence electrons. The smallest absolute Gasteiger partial charge is 0.407 e. The fourth-order valence-corrected chi connectivity index (χ4v) is 6.94. The largest absolute Gasteiger partial charge is 0.465 e. The molecule has 4 bridgehead atoms. The summed E-state index contributed by atoms with van der Waals surface area (Å²) in [6.45, 7) is 1.43. The minimum absolute atomic E-state index is 0.0143. The van der Waals surface area contributed by atoms with Crippen molar-refractivity contribution in [2.75, 3.05) is 27.2 Å². The molecule has 30 heavy (non-hydrogen) atoms. The molecular weight excluding hydrogens is 388 g/mol. The molecule has 1 amide bonds. The lowest BCUT2D eigenvalue weighted by Crippen LogP contribution is -2.65. The number of carbonyl (C=O) groups is 1. The molecule has 1 N–H and O–H groups in total. The molecule has 5 saturated carbocycles. The van der Waals surface area contributed by atoms with Crippen LogP contribution in [0, 0.1) is 23.7 Å². The van der Waals surface area contributed by atoms with Crippen LogP contribution in [0.3, 0.4) is 0 Å². The van der Waals surface area contributed by atoms with E-state index in [0.29, 0.717) is 44.1 Å². The molecule has 0 unspecified atom stereocenters. The zero-order chi connectivity index (χ0) is 20.9. The Morgan fingerprint density at radius 3 is 1.97 bits per heavy atom. The highest BCUT2D eigenvalue weighted by Crippen LogP contribution is 2.61. The molecule has 6 aliphatic rings. The van der Waals surface area contributed by atoms with E-state index in [4.69, 9.17) is 19.6 Å². The monoisotopic (exact) mass is 424 g/mol. The van der Waals surface area contributed by atoms with Crippen LogP contribution < -0.4 is 0 Å². The molecule has 6 fully saturated rings. The fraction of sp³-hybridized carbons (Fsp3) is 0.955. The van der Waals surface area contributed by atoms with Gasteiger partial charge >= 0.3 is 6.09 Å². The van der Waals surface area contributed by atoms with Crippen molar-refractivity contribution in [2.45, 2.75) is 81.8 Å². The van der Waals surface area contributed by atoms with Gasteiger partial charge in [-0.15, -0.1) is 0 Å². The van der Waals surface area contributed by atoms with E-state index in [2.05, 4.69) is 4.90 Å². The van der Waals surface area contributed by atoms with Crippen molar-refractivity contribution >= 4 is 6.09 Å². The lowest BCUT2D eigenvalue weighted by molar-refractivity contribution is -0.680. The quantitative estimate of drug-likeness (QED) is 0.675. The van der Waals surface area contributed by atoms with Gasteiger partial charge in [0.1, 0.15) is 0 Å². The first-order valence-electron chi connectivity index (χ1n) is 11.8. The van der Waals surface area contributed by atoms with Crippen LogP contribution in [0.15, 0.2) is 0 Å². The highest BCUT2D eigenvalue weighted by atomic mass is 17.4. The minimum atomic E-state index is -0.899. The lowest BCUT2D eigenvalue weighted by Gasteiger charge is -2.60. The van der Waals surface area contributed by atoms with E-state index in [-0.39, 0.29) is 6.04 Å². The first-order valence-corrected chi connectivity index (χ1v) is 11.8. The fourth-order valence-electron chi connectivity index (χ4n) is 6.94. The molecule has 2 spiro atoms. The molecule has 0 aromatic heterocycles. The van der Waals surface area contributed by atoms with Gasteiger partial charge in [0.15, 0.2) is 0 Å². The van der Waals surface area contributed by atoms with Gasteiger partial charge < -0.3 is 14.9 Å². The standard InChI is InChI=1S/C22H36N2O6/c1-23(2)8-3-9-24(20(25)26)19-4-6-21(7-5-19)27-29-22(30-28-21)17-11-15-10-16(13-17)14-18(22)12-15/h15-19H,3-14H2,1-2H3,(H,25,26)/t15-,16+,17-,18+,19?,21?,22?. The number of hydrogen-bond donors (Lipinski definition) is 1. The summed E-state index contributed by atoms with van der Waals surface area (Å²) in [5.74, 6) is 0.722. The van der Waals surface area contributed by atoms with Crippen molar-refractivity contribution in [3.63, 3.8) is 0 Å². The van der Waals surface area contributed by atoms with Crippen LogP contribution in [0.25, 0.3) is 0 Å². The Morgan fingerprint density at radius 1 is 0.900 bits per heavy atom. The van der Waals surface area contributed by atoms with Crippen molar-refractivity contribution in [1.29, 1.82) is 0 Å². The van der Waals surface area contributed by atoms with Gasteiger partial charge in [-0.3, -0.25) is 0 Å². The van der Waals surface area contributed by atoms with Gasteiger partial charge in [0, 0.05) is 37.3 Å². The summed E-state index contributed by atoms with van der Waals surface area (Å²) < 4.78 is 0. The van der Waals surface area contributed by atoms with E-state index in [9.17, 15) is 9.90 Å². The van der Waals surface area contributed by atoms with Crippen LogP contribution in [0.2, 0.25) is 0 Å². The molecule has 1 saturated heterocycles. The number of nitrogens with zero attached hydrogens (tertiary/aromatic N) is 2. The second kappa shape index (κ2) is 7.89. The third-order valence-corrected chi connectivity index (χ3v) is 8.33. The molecular formula is C22H36N2O6. The SMILES string of the molecule is CN(C)CCCN(C(=O)O)C1CCC2(CC1)OOC1(OO2)[C@H]2C[C@@H]3C[C@@H](C[C@H]1C3)C2. The van der Waals surface area contributed by atoms with Gasteiger partial charge in [0.05, 0.1) is 0 Å². The van der Waals surface area contributed by atoms with E-state index in [0.717, 1.165) is 50.5 Å². The van der Waals surface area contributed by atoms with Crippen molar-refractivity contribution in [1.82, 2.24) is 9.80 Å². The van der Waals surface area contributed by atoms with Gasteiger partial charge in [-0.05, 0) is 83.8 Å². The van der Waals surface area contributed by atoms with Crippen molar-refractivity contribution < 1.29 is 29.5 Å². The first-order chi connectivity index (χ1) is 14.4. The van der Waals surface area contributed by atoms with Crippen LogP contribution >= 0.6 is 0 Å². The predicted molar refractivity (Wildman–Crippen MR) is 107 cm³/mol. The third-order valence-electron chi connectivity index (χ3n) is 8.33. The Morgan fingerprint density at radius 2 is 1.47 bits per heavy atom. The highest BCUT2D eigenvalue weighted by molar-refractivity contribution is 5.65. The number of carboxylic acid groups (broad SMARTS) is 1. The number of amides is 1. The Bertz CT molecular complexity index is 608. The van der Waals surface area contributed by atoms with Gasteiger partial charge in [0.25, 0.3) is 0 Å².